The lowest BCUT2D eigenvalue weighted by Gasteiger charge is -2.33. The SMILES string of the molecule is Cc1c(C)c(C(C)(C)C)c(C)c(C(C)(C)S)c1C. The van der Waals surface area contributed by atoms with Gasteiger partial charge in [-0.15, -0.1) is 0 Å². The highest BCUT2D eigenvalue weighted by atomic mass is 32.1. The van der Waals surface area contributed by atoms with Gasteiger partial charge in [-0.2, -0.15) is 12.6 Å². The molecule has 1 heteroatoms. The molecule has 0 fully saturated rings. The number of thiol groups is 1. The molecule has 0 amide bonds. The van der Waals surface area contributed by atoms with E-state index in [-0.39, 0.29) is 10.2 Å². The van der Waals surface area contributed by atoms with E-state index in [0.717, 1.165) is 0 Å². The summed E-state index contributed by atoms with van der Waals surface area (Å²) in [7, 11) is 0. The fraction of sp³-hybridized carbons (Fsp3) is 0.647. The molecule has 102 valence electrons. The van der Waals surface area contributed by atoms with Crippen molar-refractivity contribution in [2.24, 2.45) is 0 Å². The molecule has 0 aliphatic rings. The van der Waals surface area contributed by atoms with Gasteiger partial charge in [0, 0.05) is 4.75 Å². The molecule has 0 heterocycles. The molecule has 0 unspecified atom stereocenters. The Bertz CT molecular complexity index is 427. The van der Waals surface area contributed by atoms with Crippen LogP contribution in [0.3, 0.4) is 0 Å². The molecule has 0 bridgehead atoms. The Morgan fingerprint density at radius 2 is 1.00 bits per heavy atom. The van der Waals surface area contributed by atoms with Crippen LogP contribution in [-0.4, -0.2) is 0 Å². The maximum Gasteiger partial charge on any atom is 0.0327 e. The van der Waals surface area contributed by atoms with Gasteiger partial charge in [-0.3, -0.25) is 0 Å². The third kappa shape index (κ3) is 2.61. The minimum absolute atomic E-state index is 0.0906. The van der Waals surface area contributed by atoms with Crippen LogP contribution in [0.4, 0.5) is 0 Å². The van der Waals surface area contributed by atoms with Crippen LogP contribution in [0, 0.1) is 27.7 Å². The fourth-order valence-corrected chi connectivity index (χ4v) is 3.72. The predicted molar refractivity (Wildman–Crippen MR) is 86.1 cm³/mol. The standard InChI is InChI=1S/C17H28S/c1-10-11(2)14(16(5,6)7)13(4)15(12(10)3)17(8,9)18/h18H,1-9H3. The summed E-state index contributed by atoms with van der Waals surface area (Å²) in [5.74, 6) is 0. The molecule has 0 radical (unpaired) electrons. The van der Waals surface area contributed by atoms with Crippen molar-refractivity contribution in [3.63, 3.8) is 0 Å². The lowest BCUT2D eigenvalue weighted by atomic mass is 9.75. The first-order valence-electron chi connectivity index (χ1n) is 6.72. The second-order valence-electron chi connectivity index (χ2n) is 7.06. The van der Waals surface area contributed by atoms with Crippen LogP contribution in [0.5, 0.6) is 0 Å². The van der Waals surface area contributed by atoms with E-state index in [2.05, 4.69) is 62.3 Å². The van der Waals surface area contributed by atoms with E-state index in [4.69, 9.17) is 12.6 Å². The molecule has 1 aromatic rings. The van der Waals surface area contributed by atoms with Gasteiger partial charge in [0.2, 0.25) is 0 Å². The third-order valence-electron chi connectivity index (χ3n) is 3.99. The van der Waals surface area contributed by atoms with Crippen molar-refractivity contribution in [1.29, 1.82) is 0 Å². The van der Waals surface area contributed by atoms with Crippen molar-refractivity contribution in [3.05, 3.63) is 33.4 Å². The van der Waals surface area contributed by atoms with Crippen LogP contribution in [0.25, 0.3) is 0 Å². The highest BCUT2D eigenvalue weighted by Gasteiger charge is 2.28. The molecule has 0 aliphatic heterocycles. The highest BCUT2D eigenvalue weighted by Crippen LogP contribution is 2.41. The van der Waals surface area contributed by atoms with E-state index < -0.39 is 0 Å². The van der Waals surface area contributed by atoms with Gasteiger partial charge in [-0.25, -0.2) is 0 Å². The second kappa shape index (κ2) is 4.59. The normalized spacial score (nSPS) is 13.0. The lowest BCUT2D eigenvalue weighted by molar-refractivity contribution is 0.577. The monoisotopic (exact) mass is 264 g/mol. The van der Waals surface area contributed by atoms with E-state index in [1.807, 2.05) is 0 Å². The summed E-state index contributed by atoms with van der Waals surface area (Å²) < 4.78 is -0.0906. The van der Waals surface area contributed by atoms with Crippen LogP contribution >= 0.6 is 12.6 Å². The van der Waals surface area contributed by atoms with E-state index in [1.165, 1.54) is 33.4 Å². The van der Waals surface area contributed by atoms with Gasteiger partial charge < -0.3 is 0 Å². The fourth-order valence-electron chi connectivity index (χ4n) is 3.39. The molecule has 18 heavy (non-hydrogen) atoms. The Balaban J connectivity index is 3.83. The van der Waals surface area contributed by atoms with Crippen molar-refractivity contribution in [2.75, 3.05) is 0 Å². The quantitative estimate of drug-likeness (QED) is 0.647. The number of benzene rings is 1. The maximum absolute atomic E-state index is 4.81. The summed E-state index contributed by atoms with van der Waals surface area (Å²) in [5, 5.41) is 0. The topological polar surface area (TPSA) is 0 Å². The Labute approximate surface area is 119 Å². The van der Waals surface area contributed by atoms with Gasteiger partial charge in [0.25, 0.3) is 0 Å². The largest absolute Gasteiger partial charge is 0.168 e. The molecule has 0 atom stereocenters. The molecule has 0 spiro atoms. The smallest absolute Gasteiger partial charge is 0.0327 e. The van der Waals surface area contributed by atoms with Crippen molar-refractivity contribution in [3.8, 4) is 0 Å². The molecule has 0 saturated carbocycles. The summed E-state index contributed by atoms with van der Waals surface area (Å²) in [5.41, 5.74) is 8.75. The summed E-state index contributed by atoms with van der Waals surface area (Å²) in [4.78, 5) is 0. The van der Waals surface area contributed by atoms with Crippen LogP contribution < -0.4 is 0 Å². The first kappa shape index (κ1) is 15.6. The van der Waals surface area contributed by atoms with Gasteiger partial charge >= 0.3 is 0 Å². The van der Waals surface area contributed by atoms with Gasteiger partial charge in [0.15, 0.2) is 0 Å². The van der Waals surface area contributed by atoms with Crippen LogP contribution in [0.15, 0.2) is 0 Å². The summed E-state index contributed by atoms with van der Waals surface area (Å²) in [6.07, 6.45) is 0. The minimum atomic E-state index is -0.0906. The number of hydrogen-bond acceptors (Lipinski definition) is 1. The van der Waals surface area contributed by atoms with Gasteiger partial charge in [-0.05, 0) is 80.3 Å². The first-order valence-corrected chi connectivity index (χ1v) is 7.17. The van der Waals surface area contributed by atoms with E-state index in [1.54, 1.807) is 0 Å². The average Bonchev–Trinajstić information content (AvgIpc) is 2.09. The van der Waals surface area contributed by atoms with E-state index >= 15 is 0 Å². The Hall–Kier alpha value is -0.430. The van der Waals surface area contributed by atoms with E-state index in [0.29, 0.717) is 0 Å². The molecular formula is C17H28S. The van der Waals surface area contributed by atoms with Crippen LogP contribution in [0.1, 0.15) is 68.0 Å². The summed E-state index contributed by atoms with van der Waals surface area (Å²) >= 11 is 4.81. The lowest BCUT2D eigenvalue weighted by Crippen LogP contribution is -2.22. The van der Waals surface area contributed by atoms with Gasteiger partial charge in [0.1, 0.15) is 0 Å². The number of rotatable bonds is 1. The Morgan fingerprint density at radius 1 is 0.611 bits per heavy atom. The zero-order valence-corrected chi connectivity index (χ0v) is 14.3. The molecular weight excluding hydrogens is 236 g/mol. The van der Waals surface area contributed by atoms with Crippen molar-refractivity contribution < 1.29 is 0 Å². The molecule has 1 aromatic carbocycles. The third-order valence-corrected chi connectivity index (χ3v) is 4.21. The molecule has 0 N–H and O–H groups in total. The first-order chi connectivity index (χ1) is 7.89. The minimum Gasteiger partial charge on any atom is -0.168 e. The van der Waals surface area contributed by atoms with Crippen LogP contribution in [-0.2, 0) is 10.2 Å². The van der Waals surface area contributed by atoms with Gasteiger partial charge in [-0.1, -0.05) is 20.8 Å². The number of hydrogen-bond donors (Lipinski definition) is 1. The Morgan fingerprint density at radius 3 is 1.33 bits per heavy atom. The maximum atomic E-state index is 4.81. The summed E-state index contributed by atoms with van der Waals surface area (Å²) in [6.45, 7) is 20.3. The van der Waals surface area contributed by atoms with Crippen LogP contribution in [0.2, 0.25) is 0 Å². The van der Waals surface area contributed by atoms with Crippen molar-refractivity contribution in [1.82, 2.24) is 0 Å². The van der Waals surface area contributed by atoms with Gasteiger partial charge in [0.05, 0.1) is 0 Å². The Kier molecular flexibility index (Phi) is 3.99. The average molecular weight is 264 g/mol. The van der Waals surface area contributed by atoms with Crippen molar-refractivity contribution >= 4 is 12.6 Å². The van der Waals surface area contributed by atoms with E-state index in [9.17, 15) is 0 Å². The molecule has 0 aliphatic carbocycles. The zero-order valence-electron chi connectivity index (χ0n) is 13.4. The highest BCUT2D eigenvalue weighted by molar-refractivity contribution is 7.81. The molecule has 0 nitrogen and oxygen atoms in total. The van der Waals surface area contributed by atoms with Crippen molar-refractivity contribution in [2.45, 2.75) is 72.5 Å². The molecule has 0 aromatic heterocycles. The second-order valence-corrected chi connectivity index (χ2v) is 8.18. The zero-order chi connectivity index (χ0) is 14.5. The predicted octanol–water partition coefficient (Wildman–Crippen LogP) is 5.38. The molecule has 0 saturated heterocycles. The molecule has 1 rings (SSSR count). The summed E-state index contributed by atoms with van der Waals surface area (Å²) in [6, 6.07) is 0.